The number of hydrogen-bond acceptors (Lipinski definition) is 8. The van der Waals surface area contributed by atoms with Crippen molar-refractivity contribution in [1.29, 1.82) is 0 Å². The van der Waals surface area contributed by atoms with E-state index in [-0.39, 0.29) is 12.3 Å². The van der Waals surface area contributed by atoms with Crippen molar-refractivity contribution in [3.63, 3.8) is 0 Å². The third-order valence-corrected chi connectivity index (χ3v) is 7.38. The minimum Gasteiger partial charge on any atom is -0.451 e. The SMILES string of the molecule is C[C@H](OC(=O)[C@@H]1C[C@H](O)CN1S(=O)(=O)c1ccccc1[N+](=O)[O-])C(=O)N1CCCCC1. The normalized spacial score (nSPS) is 23.4. The molecule has 0 bridgehead atoms. The van der Waals surface area contributed by atoms with Crippen LogP contribution in [0.3, 0.4) is 0 Å². The van der Waals surface area contributed by atoms with Gasteiger partial charge in [-0.1, -0.05) is 12.1 Å². The molecule has 1 aromatic carbocycles. The summed E-state index contributed by atoms with van der Waals surface area (Å²) in [5, 5.41) is 21.3. The molecule has 170 valence electrons. The van der Waals surface area contributed by atoms with E-state index in [1.165, 1.54) is 19.1 Å². The number of nitro benzene ring substituents is 1. The molecule has 1 amide bonds. The first-order valence-electron chi connectivity index (χ1n) is 10.1. The van der Waals surface area contributed by atoms with Gasteiger partial charge in [0.1, 0.15) is 6.04 Å². The molecule has 11 nitrogen and oxygen atoms in total. The molecule has 2 saturated heterocycles. The molecule has 0 saturated carbocycles. The molecule has 2 fully saturated rings. The van der Waals surface area contributed by atoms with Crippen molar-refractivity contribution in [2.75, 3.05) is 19.6 Å². The Labute approximate surface area is 179 Å². The highest BCUT2D eigenvalue weighted by Gasteiger charge is 2.46. The number of ether oxygens (including phenoxy) is 1. The summed E-state index contributed by atoms with van der Waals surface area (Å²) in [7, 11) is -4.48. The van der Waals surface area contributed by atoms with Crippen molar-refractivity contribution in [2.45, 2.75) is 55.8 Å². The van der Waals surface area contributed by atoms with E-state index in [2.05, 4.69) is 0 Å². The monoisotopic (exact) mass is 455 g/mol. The van der Waals surface area contributed by atoms with E-state index in [1.54, 1.807) is 4.90 Å². The molecule has 0 aliphatic carbocycles. The quantitative estimate of drug-likeness (QED) is 0.374. The van der Waals surface area contributed by atoms with Crippen molar-refractivity contribution >= 4 is 27.6 Å². The largest absolute Gasteiger partial charge is 0.451 e. The van der Waals surface area contributed by atoms with Gasteiger partial charge >= 0.3 is 5.97 Å². The van der Waals surface area contributed by atoms with Crippen LogP contribution < -0.4 is 0 Å². The molecule has 1 N–H and O–H groups in total. The van der Waals surface area contributed by atoms with Crippen molar-refractivity contribution in [2.24, 2.45) is 0 Å². The van der Waals surface area contributed by atoms with Gasteiger partial charge in [-0.3, -0.25) is 19.7 Å². The number of aliphatic hydroxyl groups excluding tert-OH is 1. The Hall–Kier alpha value is -2.57. The highest BCUT2D eigenvalue weighted by molar-refractivity contribution is 7.89. The average molecular weight is 455 g/mol. The zero-order valence-electron chi connectivity index (χ0n) is 17.0. The summed E-state index contributed by atoms with van der Waals surface area (Å²) < 4.78 is 32.2. The lowest BCUT2D eigenvalue weighted by molar-refractivity contribution is -0.387. The minimum atomic E-state index is -4.48. The summed E-state index contributed by atoms with van der Waals surface area (Å²) >= 11 is 0. The van der Waals surface area contributed by atoms with Crippen molar-refractivity contribution in [3.8, 4) is 0 Å². The molecule has 0 unspecified atom stereocenters. The summed E-state index contributed by atoms with van der Waals surface area (Å²) in [6, 6.07) is 3.39. The number of aliphatic hydroxyl groups is 1. The average Bonchev–Trinajstić information content (AvgIpc) is 3.16. The smallest absolute Gasteiger partial charge is 0.325 e. The van der Waals surface area contributed by atoms with Crippen LogP contribution in [0.25, 0.3) is 0 Å². The van der Waals surface area contributed by atoms with Gasteiger partial charge < -0.3 is 14.7 Å². The minimum absolute atomic E-state index is 0.233. The molecule has 2 heterocycles. The number of carbonyl (C=O) groups excluding carboxylic acids is 2. The Bertz CT molecular complexity index is 961. The summed E-state index contributed by atoms with van der Waals surface area (Å²) in [5.41, 5.74) is -0.635. The van der Waals surface area contributed by atoms with Crippen LogP contribution in [0.5, 0.6) is 0 Å². The first kappa shape index (κ1) is 23.1. The number of sulfonamides is 1. The van der Waals surface area contributed by atoms with Gasteiger partial charge in [-0.25, -0.2) is 8.42 Å². The van der Waals surface area contributed by atoms with E-state index in [1.807, 2.05) is 0 Å². The highest BCUT2D eigenvalue weighted by atomic mass is 32.2. The van der Waals surface area contributed by atoms with E-state index < -0.39 is 56.3 Å². The maximum atomic E-state index is 13.1. The first-order valence-corrected chi connectivity index (χ1v) is 11.5. The second kappa shape index (κ2) is 9.28. The Morgan fingerprint density at radius 2 is 1.87 bits per heavy atom. The summed E-state index contributed by atoms with van der Waals surface area (Å²) in [4.78, 5) is 36.7. The standard InChI is InChI=1S/C19H25N3O8S/c1-13(18(24)20-9-5-2-6-10-20)30-19(25)16-11-14(23)12-21(16)31(28,29)17-8-4-3-7-15(17)22(26)27/h3-4,7-8,13-14,16,23H,2,5-6,9-12H2,1H3/t13-,14-,16-/m0/s1. The summed E-state index contributed by atoms with van der Waals surface area (Å²) in [5.74, 6) is -1.34. The molecule has 3 rings (SSSR count). The van der Waals surface area contributed by atoms with E-state index in [4.69, 9.17) is 4.74 Å². The molecular weight excluding hydrogens is 430 g/mol. The lowest BCUT2D eigenvalue weighted by Gasteiger charge is -2.30. The molecule has 2 aliphatic rings. The predicted molar refractivity (Wildman–Crippen MR) is 107 cm³/mol. The second-order valence-corrected chi connectivity index (χ2v) is 9.53. The topological polar surface area (TPSA) is 147 Å². The summed E-state index contributed by atoms with van der Waals surface area (Å²) in [6.07, 6.45) is 0.258. The highest BCUT2D eigenvalue weighted by Crippen LogP contribution is 2.32. The third-order valence-electron chi connectivity index (χ3n) is 5.46. The first-order chi connectivity index (χ1) is 14.6. The maximum Gasteiger partial charge on any atom is 0.325 e. The van der Waals surface area contributed by atoms with Gasteiger partial charge in [0, 0.05) is 32.1 Å². The number of piperidine rings is 1. The Balaban J connectivity index is 1.80. The molecule has 2 aliphatic heterocycles. The molecule has 0 radical (unpaired) electrons. The number of β-amino-alcohol motifs (C(OH)–C–C–N with tert-alkyl or cyclic N) is 1. The third kappa shape index (κ3) is 4.86. The van der Waals surface area contributed by atoms with Gasteiger partial charge in [-0.15, -0.1) is 0 Å². The van der Waals surface area contributed by atoms with Crippen LogP contribution in [0.4, 0.5) is 5.69 Å². The Morgan fingerprint density at radius 3 is 2.52 bits per heavy atom. The Morgan fingerprint density at radius 1 is 1.23 bits per heavy atom. The molecule has 3 atom stereocenters. The number of benzene rings is 1. The summed E-state index contributed by atoms with van der Waals surface area (Å²) in [6.45, 7) is 2.14. The number of carbonyl (C=O) groups is 2. The van der Waals surface area contributed by atoms with Gasteiger partial charge in [0.2, 0.25) is 0 Å². The molecular formula is C19H25N3O8S. The van der Waals surface area contributed by atoms with Crippen LogP contribution >= 0.6 is 0 Å². The molecule has 1 aromatic rings. The predicted octanol–water partition coefficient (Wildman–Crippen LogP) is 0.663. The van der Waals surface area contributed by atoms with Crippen molar-refractivity contribution in [1.82, 2.24) is 9.21 Å². The van der Waals surface area contributed by atoms with Gasteiger partial charge in [0.05, 0.1) is 11.0 Å². The van der Waals surface area contributed by atoms with E-state index in [9.17, 15) is 33.2 Å². The van der Waals surface area contributed by atoms with Crippen LogP contribution in [0.2, 0.25) is 0 Å². The molecule has 0 aromatic heterocycles. The van der Waals surface area contributed by atoms with Crippen LogP contribution in [0, 0.1) is 10.1 Å². The number of nitrogens with zero attached hydrogens (tertiary/aromatic N) is 3. The van der Waals surface area contributed by atoms with Gasteiger partial charge in [-0.05, 0) is 32.3 Å². The number of esters is 1. The zero-order chi connectivity index (χ0) is 22.8. The van der Waals surface area contributed by atoms with Crippen LogP contribution in [0.15, 0.2) is 29.2 Å². The maximum absolute atomic E-state index is 13.1. The molecule has 31 heavy (non-hydrogen) atoms. The van der Waals surface area contributed by atoms with Crippen LogP contribution in [0.1, 0.15) is 32.6 Å². The van der Waals surface area contributed by atoms with Crippen molar-refractivity contribution < 1.29 is 32.8 Å². The number of nitro groups is 1. The van der Waals surface area contributed by atoms with E-state index >= 15 is 0 Å². The van der Waals surface area contributed by atoms with Gasteiger partial charge in [0.15, 0.2) is 11.0 Å². The number of hydrogen-bond donors (Lipinski definition) is 1. The van der Waals surface area contributed by atoms with Gasteiger partial charge in [0.25, 0.3) is 21.6 Å². The number of amides is 1. The zero-order valence-corrected chi connectivity index (χ0v) is 17.9. The fraction of sp³-hybridized carbons (Fsp3) is 0.579. The number of likely N-dealkylation sites (tertiary alicyclic amines) is 1. The lowest BCUT2D eigenvalue weighted by Crippen LogP contribution is -2.46. The lowest BCUT2D eigenvalue weighted by atomic mass is 10.1. The van der Waals surface area contributed by atoms with Crippen molar-refractivity contribution in [3.05, 3.63) is 34.4 Å². The van der Waals surface area contributed by atoms with Crippen LogP contribution in [-0.2, 0) is 24.3 Å². The molecule has 12 heteroatoms. The Kier molecular flexibility index (Phi) is 6.92. The van der Waals surface area contributed by atoms with Crippen LogP contribution in [-0.4, -0.2) is 77.4 Å². The van der Waals surface area contributed by atoms with E-state index in [0.717, 1.165) is 31.4 Å². The number of rotatable bonds is 6. The molecule has 0 spiro atoms. The van der Waals surface area contributed by atoms with Gasteiger partial charge in [-0.2, -0.15) is 4.31 Å². The fourth-order valence-corrected chi connectivity index (χ4v) is 5.68. The van der Waals surface area contributed by atoms with E-state index in [0.29, 0.717) is 17.4 Å². The second-order valence-electron chi connectivity index (χ2n) is 7.67. The fourth-order valence-electron chi connectivity index (χ4n) is 3.89. The number of para-hydroxylation sites is 1.